The third-order valence-electron chi connectivity index (χ3n) is 4.95. The largest absolute Gasteiger partial charge is 0.316 e. The number of hydrogen-bond acceptors (Lipinski definition) is 2. The minimum absolute atomic E-state index is 0.285. The van der Waals surface area contributed by atoms with Gasteiger partial charge in [0.2, 0.25) is 5.91 Å². The van der Waals surface area contributed by atoms with Gasteiger partial charge in [-0.3, -0.25) is 4.79 Å². The Balaban J connectivity index is 1.73. The van der Waals surface area contributed by atoms with Crippen molar-refractivity contribution >= 4 is 11.6 Å². The summed E-state index contributed by atoms with van der Waals surface area (Å²) in [6.45, 7) is 5.29. The van der Waals surface area contributed by atoms with Gasteiger partial charge in [-0.25, -0.2) is 0 Å². The van der Waals surface area contributed by atoms with Crippen molar-refractivity contribution in [2.24, 2.45) is 5.92 Å². The first-order chi connectivity index (χ1) is 10.8. The molecule has 0 aromatic heterocycles. The van der Waals surface area contributed by atoms with Crippen molar-refractivity contribution in [1.82, 2.24) is 5.32 Å². The van der Waals surface area contributed by atoms with Crippen molar-refractivity contribution in [2.45, 2.75) is 51.9 Å². The Kier molecular flexibility index (Phi) is 5.14. The summed E-state index contributed by atoms with van der Waals surface area (Å²) in [4.78, 5) is 14.3. The fourth-order valence-electron chi connectivity index (χ4n) is 3.82. The van der Waals surface area contributed by atoms with E-state index < -0.39 is 0 Å². The van der Waals surface area contributed by atoms with E-state index >= 15 is 0 Å². The predicted molar refractivity (Wildman–Crippen MR) is 91.3 cm³/mol. The Hall–Kier alpha value is -1.35. The highest BCUT2D eigenvalue weighted by Gasteiger charge is 2.22. The Morgan fingerprint density at radius 3 is 3.05 bits per heavy atom. The number of amides is 1. The molecule has 2 heterocycles. The van der Waals surface area contributed by atoms with Crippen molar-refractivity contribution in [1.29, 1.82) is 0 Å². The number of piperidine rings is 1. The summed E-state index contributed by atoms with van der Waals surface area (Å²) in [5.74, 6) is 1.06. The first kappa shape index (κ1) is 15.5. The fourth-order valence-corrected chi connectivity index (χ4v) is 3.82. The van der Waals surface area contributed by atoms with E-state index in [0.717, 1.165) is 44.0 Å². The number of nitrogens with one attached hydrogen (secondary N) is 1. The molecule has 22 heavy (non-hydrogen) atoms. The summed E-state index contributed by atoms with van der Waals surface area (Å²) < 4.78 is 0. The lowest BCUT2D eigenvalue weighted by atomic mass is 9.90. The van der Waals surface area contributed by atoms with Crippen LogP contribution >= 0.6 is 0 Å². The van der Waals surface area contributed by atoms with E-state index in [9.17, 15) is 4.79 Å². The topological polar surface area (TPSA) is 32.3 Å². The second-order valence-corrected chi connectivity index (χ2v) is 6.78. The van der Waals surface area contributed by atoms with Crippen LogP contribution in [0.5, 0.6) is 0 Å². The number of carbonyl (C=O) groups is 1. The van der Waals surface area contributed by atoms with Crippen LogP contribution in [-0.4, -0.2) is 25.5 Å². The molecular weight excluding hydrogens is 272 g/mol. The molecule has 1 aromatic rings. The van der Waals surface area contributed by atoms with Gasteiger partial charge in [-0.15, -0.1) is 0 Å². The molecular formula is C19H28N2O. The van der Waals surface area contributed by atoms with Crippen molar-refractivity contribution in [3.63, 3.8) is 0 Å². The summed E-state index contributed by atoms with van der Waals surface area (Å²) in [5, 5.41) is 3.50. The molecule has 1 saturated heterocycles. The summed E-state index contributed by atoms with van der Waals surface area (Å²) >= 11 is 0. The molecule has 3 rings (SSSR count). The van der Waals surface area contributed by atoms with Crippen LogP contribution in [0.4, 0.5) is 5.69 Å². The van der Waals surface area contributed by atoms with Gasteiger partial charge in [0.05, 0.1) is 0 Å². The highest BCUT2D eigenvalue weighted by atomic mass is 16.2. The third kappa shape index (κ3) is 3.52. The fraction of sp³-hybridized carbons (Fsp3) is 0.632. The van der Waals surface area contributed by atoms with Crippen molar-refractivity contribution in [3.05, 3.63) is 29.3 Å². The molecule has 2 aliphatic heterocycles. The van der Waals surface area contributed by atoms with Gasteiger partial charge in [0.15, 0.2) is 0 Å². The Bertz CT molecular complexity index is 520. The number of aryl methyl sites for hydroxylation is 1. The molecule has 0 radical (unpaired) electrons. The predicted octanol–water partition coefficient (Wildman–Crippen LogP) is 3.31. The molecule has 1 N–H and O–H groups in total. The number of hydrogen-bond donors (Lipinski definition) is 1. The SMILES string of the molecule is CCCC(=O)N1CCCc2cc(CC3CCCNC3)ccc21. The van der Waals surface area contributed by atoms with Crippen LogP contribution < -0.4 is 10.2 Å². The van der Waals surface area contributed by atoms with Crippen molar-refractivity contribution < 1.29 is 4.79 Å². The molecule has 0 spiro atoms. The molecule has 1 fully saturated rings. The lowest BCUT2D eigenvalue weighted by molar-refractivity contribution is -0.118. The number of rotatable bonds is 4. The number of nitrogens with zero attached hydrogens (tertiary/aromatic N) is 1. The standard InChI is InChI=1S/C19H28N2O/c1-2-5-19(22)21-11-4-7-17-13-15(8-9-18(17)21)12-16-6-3-10-20-14-16/h8-9,13,16,20H,2-7,10-12,14H2,1H3. The lowest BCUT2D eigenvalue weighted by Crippen LogP contribution is -2.35. The van der Waals surface area contributed by atoms with Crippen molar-refractivity contribution in [2.75, 3.05) is 24.5 Å². The molecule has 1 aromatic carbocycles. The van der Waals surface area contributed by atoms with Gasteiger partial charge in [-0.2, -0.15) is 0 Å². The third-order valence-corrected chi connectivity index (χ3v) is 4.95. The van der Waals surface area contributed by atoms with Gasteiger partial charge in [0, 0.05) is 18.7 Å². The second-order valence-electron chi connectivity index (χ2n) is 6.78. The van der Waals surface area contributed by atoms with Gasteiger partial charge < -0.3 is 10.2 Å². The Labute approximate surface area is 134 Å². The smallest absolute Gasteiger partial charge is 0.226 e. The van der Waals surface area contributed by atoms with Crippen LogP contribution in [-0.2, 0) is 17.6 Å². The first-order valence-corrected chi connectivity index (χ1v) is 8.91. The minimum Gasteiger partial charge on any atom is -0.316 e. The molecule has 0 bridgehead atoms. The number of benzene rings is 1. The maximum Gasteiger partial charge on any atom is 0.226 e. The average molecular weight is 300 g/mol. The molecule has 0 saturated carbocycles. The van der Waals surface area contributed by atoms with Gasteiger partial charge in [-0.05, 0) is 74.7 Å². The zero-order valence-corrected chi connectivity index (χ0v) is 13.7. The molecule has 1 atom stereocenters. The number of fused-ring (bicyclic) bond motifs is 1. The maximum absolute atomic E-state index is 12.3. The Morgan fingerprint density at radius 2 is 2.27 bits per heavy atom. The van der Waals surface area contributed by atoms with Crippen LogP contribution in [0.25, 0.3) is 0 Å². The van der Waals surface area contributed by atoms with E-state index in [0.29, 0.717) is 6.42 Å². The highest BCUT2D eigenvalue weighted by molar-refractivity contribution is 5.94. The highest BCUT2D eigenvalue weighted by Crippen LogP contribution is 2.30. The van der Waals surface area contributed by atoms with Crippen LogP contribution in [0.3, 0.4) is 0 Å². The van der Waals surface area contributed by atoms with E-state index in [1.54, 1.807) is 0 Å². The van der Waals surface area contributed by atoms with E-state index in [1.165, 1.54) is 36.9 Å². The zero-order valence-electron chi connectivity index (χ0n) is 13.7. The van der Waals surface area contributed by atoms with Crippen LogP contribution in [0.1, 0.15) is 50.2 Å². The van der Waals surface area contributed by atoms with Crippen molar-refractivity contribution in [3.8, 4) is 0 Å². The van der Waals surface area contributed by atoms with Gasteiger partial charge >= 0.3 is 0 Å². The Morgan fingerprint density at radius 1 is 1.36 bits per heavy atom. The summed E-state index contributed by atoms with van der Waals surface area (Å²) in [5.41, 5.74) is 3.98. The van der Waals surface area contributed by atoms with E-state index in [2.05, 4.69) is 30.4 Å². The zero-order chi connectivity index (χ0) is 15.4. The van der Waals surface area contributed by atoms with Crippen LogP contribution in [0, 0.1) is 5.92 Å². The molecule has 3 heteroatoms. The van der Waals surface area contributed by atoms with E-state index in [4.69, 9.17) is 0 Å². The van der Waals surface area contributed by atoms with Crippen LogP contribution in [0.15, 0.2) is 18.2 Å². The molecule has 120 valence electrons. The van der Waals surface area contributed by atoms with Crippen LogP contribution in [0.2, 0.25) is 0 Å². The normalized spacial score (nSPS) is 21.5. The summed E-state index contributed by atoms with van der Waals surface area (Å²) in [6, 6.07) is 6.79. The second kappa shape index (κ2) is 7.28. The first-order valence-electron chi connectivity index (χ1n) is 8.91. The molecule has 1 unspecified atom stereocenters. The minimum atomic E-state index is 0.285. The molecule has 3 nitrogen and oxygen atoms in total. The van der Waals surface area contributed by atoms with E-state index in [1.807, 2.05) is 4.90 Å². The van der Waals surface area contributed by atoms with Gasteiger partial charge in [0.25, 0.3) is 0 Å². The van der Waals surface area contributed by atoms with E-state index in [-0.39, 0.29) is 5.91 Å². The average Bonchev–Trinajstić information content (AvgIpc) is 2.55. The number of carbonyl (C=O) groups excluding carboxylic acids is 1. The summed E-state index contributed by atoms with van der Waals surface area (Å²) in [7, 11) is 0. The monoisotopic (exact) mass is 300 g/mol. The summed E-state index contributed by atoms with van der Waals surface area (Å²) in [6.07, 6.45) is 7.61. The lowest BCUT2D eigenvalue weighted by Gasteiger charge is -2.30. The maximum atomic E-state index is 12.3. The number of anilines is 1. The quantitative estimate of drug-likeness (QED) is 0.925. The molecule has 2 aliphatic rings. The van der Waals surface area contributed by atoms with Gasteiger partial charge in [0.1, 0.15) is 0 Å². The van der Waals surface area contributed by atoms with Gasteiger partial charge in [-0.1, -0.05) is 19.1 Å². The molecule has 1 amide bonds. The molecule has 0 aliphatic carbocycles.